The van der Waals surface area contributed by atoms with Gasteiger partial charge in [-0.1, -0.05) is 19.1 Å². The number of benzene rings is 2. The molecule has 0 aliphatic rings. The molecule has 0 radical (unpaired) electrons. The predicted octanol–water partition coefficient (Wildman–Crippen LogP) is 3.43. The second-order valence-corrected chi connectivity index (χ2v) is 5.11. The minimum absolute atomic E-state index is 0.0840. The molecule has 4 heteroatoms. The van der Waals surface area contributed by atoms with Crippen LogP contribution in [0.5, 0.6) is 5.75 Å². The quantitative estimate of drug-likeness (QED) is 0.854. The largest absolute Gasteiger partial charge is 0.508 e. The van der Waals surface area contributed by atoms with Crippen LogP contribution in [0.2, 0.25) is 0 Å². The molecule has 0 saturated heterocycles. The Morgan fingerprint density at radius 1 is 0.952 bits per heavy atom. The van der Waals surface area contributed by atoms with Crippen molar-refractivity contribution in [2.45, 2.75) is 25.8 Å². The fourth-order valence-electron chi connectivity index (χ4n) is 2.44. The minimum atomic E-state index is -0.551. The molecular formula is C17H19F2NO. The molecule has 2 N–H and O–H groups in total. The predicted molar refractivity (Wildman–Crippen MR) is 79.3 cm³/mol. The molecular weight excluding hydrogens is 272 g/mol. The molecule has 2 nitrogen and oxygen atoms in total. The molecule has 0 saturated carbocycles. The first-order valence-electron chi connectivity index (χ1n) is 7.03. The van der Waals surface area contributed by atoms with Crippen LogP contribution in [-0.2, 0) is 12.8 Å². The van der Waals surface area contributed by atoms with E-state index < -0.39 is 11.6 Å². The number of phenolic OH excluding ortho intramolecular Hbond substituents is 1. The van der Waals surface area contributed by atoms with E-state index >= 15 is 0 Å². The van der Waals surface area contributed by atoms with Gasteiger partial charge in [-0.25, -0.2) is 8.78 Å². The van der Waals surface area contributed by atoms with E-state index in [1.807, 2.05) is 19.1 Å². The lowest BCUT2D eigenvalue weighted by Crippen LogP contribution is -2.33. The standard InChI is InChI=1S/C17H19F2NO/c1-2-20-16(9-12-3-5-17(21)6-4-12)10-13-7-14(18)11-15(19)8-13/h3-8,11,16,20-21H,2,9-10H2,1H3. The maximum Gasteiger partial charge on any atom is 0.126 e. The molecule has 0 bridgehead atoms. The van der Waals surface area contributed by atoms with Gasteiger partial charge in [-0.15, -0.1) is 0 Å². The molecule has 0 aromatic heterocycles. The molecule has 2 aromatic rings. The lowest BCUT2D eigenvalue weighted by molar-refractivity contribution is 0.474. The number of phenols is 1. The summed E-state index contributed by atoms with van der Waals surface area (Å²) in [5.41, 5.74) is 1.70. The van der Waals surface area contributed by atoms with Gasteiger partial charge >= 0.3 is 0 Å². The molecule has 112 valence electrons. The maximum atomic E-state index is 13.2. The maximum absolute atomic E-state index is 13.2. The van der Waals surface area contributed by atoms with Crippen molar-refractivity contribution in [3.05, 3.63) is 65.2 Å². The summed E-state index contributed by atoms with van der Waals surface area (Å²) in [4.78, 5) is 0. The average molecular weight is 291 g/mol. The number of hydrogen-bond donors (Lipinski definition) is 2. The molecule has 0 aliphatic heterocycles. The van der Waals surface area contributed by atoms with Crippen molar-refractivity contribution >= 4 is 0 Å². The Balaban J connectivity index is 2.09. The van der Waals surface area contributed by atoms with Crippen molar-refractivity contribution in [3.63, 3.8) is 0 Å². The number of halogens is 2. The first kappa shape index (κ1) is 15.4. The third-order valence-electron chi connectivity index (χ3n) is 3.32. The molecule has 0 heterocycles. The van der Waals surface area contributed by atoms with Gasteiger partial charge in [0.15, 0.2) is 0 Å². The van der Waals surface area contributed by atoms with Crippen LogP contribution in [0.1, 0.15) is 18.1 Å². The van der Waals surface area contributed by atoms with Gasteiger partial charge in [0.1, 0.15) is 17.4 Å². The topological polar surface area (TPSA) is 32.3 Å². The van der Waals surface area contributed by atoms with Crippen molar-refractivity contribution in [1.82, 2.24) is 5.32 Å². The van der Waals surface area contributed by atoms with Crippen LogP contribution in [0.15, 0.2) is 42.5 Å². The van der Waals surface area contributed by atoms with Crippen molar-refractivity contribution in [1.29, 1.82) is 0 Å². The number of rotatable bonds is 6. The first-order chi connectivity index (χ1) is 10.1. The van der Waals surface area contributed by atoms with Crippen molar-refractivity contribution in [3.8, 4) is 5.75 Å². The summed E-state index contributed by atoms with van der Waals surface area (Å²) in [6, 6.07) is 10.7. The summed E-state index contributed by atoms with van der Waals surface area (Å²) < 4.78 is 26.5. The van der Waals surface area contributed by atoms with Gasteiger partial charge in [0.2, 0.25) is 0 Å². The summed E-state index contributed by atoms with van der Waals surface area (Å²) >= 11 is 0. The van der Waals surface area contributed by atoms with Gasteiger partial charge in [-0.3, -0.25) is 0 Å². The van der Waals surface area contributed by atoms with Crippen molar-refractivity contribution in [2.24, 2.45) is 0 Å². The normalized spacial score (nSPS) is 12.3. The Morgan fingerprint density at radius 3 is 2.10 bits per heavy atom. The summed E-state index contributed by atoms with van der Waals surface area (Å²) in [6.07, 6.45) is 1.27. The van der Waals surface area contributed by atoms with Crippen molar-refractivity contribution in [2.75, 3.05) is 6.54 Å². The smallest absolute Gasteiger partial charge is 0.126 e. The third-order valence-corrected chi connectivity index (χ3v) is 3.32. The number of hydrogen-bond acceptors (Lipinski definition) is 2. The average Bonchev–Trinajstić information content (AvgIpc) is 2.40. The second-order valence-electron chi connectivity index (χ2n) is 5.11. The third kappa shape index (κ3) is 4.83. The highest BCUT2D eigenvalue weighted by Crippen LogP contribution is 2.15. The van der Waals surface area contributed by atoms with Crippen LogP contribution in [-0.4, -0.2) is 17.7 Å². The summed E-state index contributed by atoms with van der Waals surface area (Å²) in [7, 11) is 0. The van der Waals surface area contributed by atoms with E-state index in [-0.39, 0.29) is 11.8 Å². The Morgan fingerprint density at radius 2 is 1.52 bits per heavy atom. The van der Waals surface area contributed by atoms with E-state index in [0.29, 0.717) is 12.0 Å². The molecule has 2 aromatic carbocycles. The van der Waals surface area contributed by atoms with Crippen LogP contribution in [0.3, 0.4) is 0 Å². The van der Waals surface area contributed by atoms with E-state index in [0.717, 1.165) is 24.6 Å². The van der Waals surface area contributed by atoms with E-state index in [2.05, 4.69) is 5.32 Å². The highest BCUT2D eigenvalue weighted by molar-refractivity contribution is 5.27. The summed E-state index contributed by atoms with van der Waals surface area (Å²) in [6.45, 7) is 2.77. The van der Waals surface area contributed by atoms with E-state index in [4.69, 9.17) is 0 Å². The summed E-state index contributed by atoms with van der Waals surface area (Å²) in [5.74, 6) is -0.874. The van der Waals surface area contributed by atoms with Gasteiger partial charge < -0.3 is 10.4 Å². The molecule has 0 spiro atoms. The first-order valence-corrected chi connectivity index (χ1v) is 7.03. The van der Waals surface area contributed by atoms with Crippen LogP contribution >= 0.6 is 0 Å². The Hall–Kier alpha value is -1.94. The monoisotopic (exact) mass is 291 g/mol. The fraction of sp³-hybridized carbons (Fsp3) is 0.294. The summed E-state index contributed by atoms with van der Waals surface area (Å²) in [5, 5.41) is 12.6. The van der Waals surface area contributed by atoms with Gasteiger partial charge in [0, 0.05) is 12.1 Å². The zero-order valence-corrected chi connectivity index (χ0v) is 11.9. The molecule has 0 aliphatic carbocycles. The minimum Gasteiger partial charge on any atom is -0.508 e. The lowest BCUT2D eigenvalue weighted by Gasteiger charge is -2.18. The molecule has 0 amide bonds. The number of nitrogens with one attached hydrogen (secondary N) is 1. The van der Waals surface area contributed by atoms with Crippen LogP contribution in [0.4, 0.5) is 8.78 Å². The number of likely N-dealkylation sites (N-methyl/N-ethyl adjacent to an activating group) is 1. The Bertz CT molecular complexity index is 564. The number of aromatic hydroxyl groups is 1. The zero-order valence-electron chi connectivity index (χ0n) is 11.9. The highest BCUT2D eigenvalue weighted by Gasteiger charge is 2.11. The SMILES string of the molecule is CCNC(Cc1ccc(O)cc1)Cc1cc(F)cc(F)c1. The zero-order chi connectivity index (χ0) is 15.2. The van der Waals surface area contributed by atoms with Crippen LogP contribution in [0.25, 0.3) is 0 Å². The second kappa shape index (κ2) is 7.18. The van der Waals surface area contributed by atoms with Gasteiger partial charge in [-0.2, -0.15) is 0 Å². The van der Waals surface area contributed by atoms with E-state index in [1.54, 1.807) is 12.1 Å². The van der Waals surface area contributed by atoms with Crippen LogP contribution in [0, 0.1) is 11.6 Å². The highest BCUT2D eigenvalue weighted by atomic mass is 19.1. The fourth-order valence-corrected chi connectivity index (χ4v) is 2.44. The van der Waals surface area contributed by atoms with Gasteiger partial charge in [0.25, 0.3) is 0 Å². The molecule has 2 rings (SSSR count). The Labute approximate surface area is 123 Å². The van der Waals surface area contributed by atoms with E-state index in [9.17, 15) is 13.9 Å². The molecule has 1 unspecified atom stereocenters. The molecule has 1 atom stereocenters. The Kier molecular flexibility index (Phi) is 5.28. The van der Waals surface area contributed by atoms with Crippen molar-refractivity contribution < 1.29 is 13.9 Å². The lowest BCUT2D eigenvalue weighted by atomic mass is 9.98. The van der Waals surface area contributed by atoms with E-state index in [1.165, 1.54) is 12.1 Å². The molecule has 21 heavy (non-hydrogen) atoms. The van der Waals surface area contributed by atoms with Gasteiger partial charge in [0.05, 0.1) is 0 Å². The molecule has 0 fully saturated rings. The van der Waals surface area contributed by atoms with Crippen LogP contribution < -0.4 is 5.32 Å². The van der Waals surface area contributed by atoms with Gasteiger partial charge in [-0.05, 0) is 54.8 Å².